The Morgan fingerprint density at radius 3 is 2.39 bits per heavy atom. The van der Waals surface area contributed by atoms with Gasteiger partial charge in [-0.25, -0.2) is 8.42 Å². The zero-order valence-electron chi connectivity index (χ0n) is 18.0. The molecule has 1 amide bonds. The number of ether oxygens (including phenoxy) is 1. The summed E-state index contributed by atoms with van der Waals surface area (Å²) in [6.45, 7) is 4.83. The van der Waals surface area contributed by atoms with E-state index >= 15 is 0 Å². The van der Waals surface area contributed by atoms with Crippen LogP contribution in [0.4, 0.5) is 17.1 Å². The van der Waals surface area contributed by atoms with Gasteiger partial charge in [-0.2, -0.15) is 0 Å². The molecule has 1 aliphatic heterocycles. The van der Waals surface area contributed by atoms with Gasteiger partial charge in [0.2, 0.25) is 0 Å². The number of para-hydroxylation sites is 1. The van der Waals surface area contributed by atoms with Crippen LogP contribution in [-0.2, 0) is 14.8 Å². The standard InChI is InChI=1S/C24H24ClN3O4S/c1-17-4-2-3-5-22(17)27-33(30,31)23-16-18(6-11-21(23)25)24(29)26-19-7-9-20(10-8-19)28-12-14-32-15-13-28/h2-11,16,27H,12-15H2,1H3,(H,26,29). The molecule has 0 atom stereocenters. The van der Waals surface area contributed by atoms with Crippen molar-refractivity contribution >= 4 is 44.6 Å². The number of nitrogens with zero attached hydrogens (tertiary/aromatic N) is 1. The van der Waals surface area contributed by atoms with Crippen molar-refractivity contribution in [2.75, 3.05) is 41.2 Å². The molecule has 7 nitrogen and oxygen atoms in total. The second-order valence-electron chi connectivity index (χ2n) is 7.67. The van der Waals surface area contributed by atoms with Crippen LogP contribution in [0.2, 0.25) is 5.02 Å². The van der Waals surface area contributed by atoms with Gasteiger partial charge in [-0.15, -0.1) is 0 Å². The number of amides is 1. The Balaban J connectivity index is 1.51. The Morgan fingerprint density at radius 1 is 1.00 bits per heavy atom. The highest BCUT2D eigenvalue weighted by molar-refractivity contribution is 7.92. The summed E-state index contributed by atoms with van der Waals surface area (Å²) >= 11 is 6.18. The molecule has 9 heteroatoms. The first-order valence-corrected chi connectivity index (χ1v) is 12.3. The van der Waals surface area contributed by atoms with Crippen molar-refractivity contribution in [2.24, 2.45) is 0 Å². The molecule has 2 N–H and O–H groups in total. The molecule has 1 aliphatic rings. The quantitative estimate of drug-likeness (QED) is 0.535. The first kappa shape index (κ1) is 23.1. The molecule has 0 bridgehead atoms. The third-order valence-corrected chi connectivity index (χ3v) is 7.22. The fraction of sp³-hybridized carbons (Fsp3) is 0.208. The molecular weight excluding hydrogens is 462 g/mol. The minimum absolute atomic E-state index is 0.0301. The molecule has 33 heavy (non-hydrogen) atoms. The summed E-state index contributed by atoms with van der Waals surface area (Å²) in [4.78, 5) is 14.9. The van der Waals surface area contributed by atoms with Crippen LogP contribution in [0.1, 0.15) is 15.9 Å². The average molecular weight is 486 g/mol. The lowest BCUT2D eigenvalue weighted by molar-refractivity contribution is 0.102. The van der Waals surface area contributed by atoms with E-state index in [-0.39, 0.29) is 15.5 Å². The second kappa shape index (κ2) is 9.82. The van der Waals surface area contributed by atoms with Gasteiger partial charge >= 0.3 is 0 Å². The van der Waals surface area contributed by atoms with Gasteiger partial charge in [0.15, 0.2) is 0 Å². The van der Waals surface area contributed by atoms with Crippen molar-refractivity contribution in [3.05, 3.63) is 82.9 Å². The Kier molecular flexibility index (Phi) is 6.88. The van der Waals surface area contributed by atoms with Gasteiger partial charge in [0.25, 0.3) is 15.9 Å². The summed E-state index contributed by atoms with van der Waals surface area (Å²) in [5.41, 5.74) is 3.06. The van der Waals surface area contributed by atoms with Gasteiger partial charge in [0.1, 0.15) is 4.90 Å². The summed E-state index contributed by atoms with van der Waals surface area (Å²) in [5.74, 6) is -0.432. The molecule has 0 saturated carbocycles. The number of hydrogen-bond donors (Lipinski definition) is 2. The minimum Gasteiger partial charge on any atom is -0.378 e. The van der Waals surface area contributed by atoms with Crippen molar-refractivity contribution in [2.45, 2.75) is 11.8 Å². The van der Waals surface area contributed by atoms with E-state index in [1.807, 2.05) is 30.3 Å². The number of morpholine rings is 1. The van der Waals surface area contributed by atoms with Crippen molar-refractivity contribution < 1.29 is 17.9 Å². The first-order valence-electron chi connectivity index (χ1n) is 10.5. The van der Waals surface area contributed by atoms with Crippen LogP contribution in [0, 0.1) is 6.92 Å². The van der Waals surface area contributed by atoms with E-state index in [1.165, 1.54) is 18.2 Å². The number of hydrogen-bond acceptors (Lipinski definition) is 5. The maximum Gasteiger partial charge on any atom is 0.263 e. The highest BCUT2D eigenvalue weighted by Gasteiger charge is 2.21. The molecule has 0 radical (unpaired) electrons. The van der Waals surface area contributed by atoms with Gasteiger partial charge in [-0.05, 0) is 61.0 Å². The number of halogens is 1. The number of rotatable bonds is 6. The van der Waals surface area contributed by atoms with Crippen molar-refractivity contribution in [3.8, 4) is 0 Å². The van der Waals surface area contributed by atoms with E-state index in [1.54, 1.807) is 25.1 Å². The average Bonchev–Trinajstić information content (AvgIpc) is 2.81. The fourth-order valence-corrected chi connectivity index (χ4v) is 5.18. The molecule has 0 aliphatic carbocycles. The molecule has 3 aromatic rings. The fourth-order valence-electron chi connectivity index (χ4n) is 3.52. The van der Waals surface area contributed by atoms with E-state index in [0.29, 0.717) is 24.6 Å². The number of aryl methyl sites for hydroxylation is 1. The Morgan fingerprint density at radius 2 is 1.70 bits per heavy atom. The van der Waals surface area contributed by atoms with E-state index in [9.17, 15) is 13.2 Å². The largest absolute Gasteiger partial charge is 0.378 e. The smallest absolute Gasteiger partial charge is 0.263 e. The van der Waals surface area contributed by atoms with E-state index in [4.69, 9.17) is 16.3 Å². The van der Waals surface area contributed by atoms with E-state index in [2.05, 4.69) is 14.9 Å². The Labute approximate surface area is 198 Å². The molecule has 1 fully saturated rings. The van der Waals surface area contributed by atoms with Crippen LogP contribution in [-0.4, -0.2) is 40.6 Å². The van der Waals surface area contributed by atoms with E-state index in [0.717, 1.165) is 24.3 Å². The Bertz CT molecular complexity index is 1260. The third kappa shape index (κ3) is 5.47. The number of anilines is 3. The lowest BCUT2D eigenvalue weighted by Gasteiger charge is -2.28. The number of carbonyl (C=O) groups is 1. The summed E-state index contributed by atoms with van der Waals surface area (Å²) in [7, 11) is -3.99. The molecular formula is C24H24ClN3O4S. The predicted octanol–water partition coefficient (Wildman–Crippen LogP) is 4.54. The number of carbonyl (C=O) groups excluding carboxylic acids is 1. The minimum atomic E-state index is -3.99. The molecule has 1 saturated heterocycles. The van der Waals surface area contributed by atoms with Gasteiger partial charge in [0, 0.05) is 30.0 Å². The maximum atomic E-state index is 13.0. The van der Waals surface area contributed by atoms with Crippen LogP contribution in [0.3, 0.4) is 0 Å². The predicted molar refractivity (Wildman–Crippen MR) is 131 cm³/mol. The summed E-state index contributed by atoms with van der Waals surface area (Å²) in [6.07, 6.45) is 0. The highest BCUT2D eigenvalue weighted by atomic mass is 35.5. The SMILES string of the molecule is Cc1ccccc1NS(=O)(=O)c1cc(C(=O)Nc2ccc(N3CCOCC3)cc2)ccc1Cl. The monoisotopic (exact) mass is 485 g/mol. The lowest BCUT2D eigenvalue weighted by Crippen LogP contribution is -2.36. The summed E-state index contributed by atoms with van der Waals surface area (Å²) < 4.78 is 33.8. The van der Waals surface area contributed by atoms with Crippen molar-refractivity contribution in [3.63, 3.8) is 0 Å². The molecule has 3 aromatic carbocycles. The first-order chi connectivity index (χ1) is 15.8. The van der Waals surface area contributed by atoms with Gasteiger partial charge in [0.05, 0.1) is 23.9 Å². The van der Waals surface area contributed by atoms with Crippen molar-refractivity contribution in [1.82, 2.24) is 0 Å². The lowest BCUT2D eigenvalue weighted by atomic mass is 10.2. The normalized spacial score (nSPS) is 14.1. The van der Waals surface area contributed by atoms with Gasteiger partial charge in [-0.3, -0.25) is 9.52 Å². The highest BCUT2D eigenvalue weighted by Crippen LogP contribution is 2.27. The molecule has 1 heterocycles. The Hall–Kier alpha value is -3.07. The zero-order valence-corrected chi connectivity index (χ0v) is 19.6. The van der Waals surface area contributed by atoms with Crippen LogP contribution in [0.25, 0.3) is 0 Å². The third-order valence-electron chi connectivity index (χ3n) is 5.37. The van der Waals surface area contributed by atoms with Crippen LogP contribution < -0.4 is 14.9 Å². The van der Waals surface area contributed by atoms with Crippen LogP contribution in [0.15, 0.2) is 71.6 Å². The van der Waals surface area contributed by atoms with Crippen LogP contribution >= 0.6 is 11.6 Å². The number of nitrogens with one attached hydrogen (secondary N) is 2. The second-order valence-corrected chi connectivity index (χ2v) is 9.72. The topological polar surface area (TPSA) is 87.7 Å². The van der Waals surface area contributed by atoms with Crippen LogP contribution in [0.5, 0.6) is 0 Å². The maximum absolute atomic E-state index is 13.0. The summed E-state index contributed by atoms with van der Waals surface area (Å²) in [6, 6.07) is 18.7. The molecule has 4 rings (SSSR count). The van der Waals surface area contributed by atoms with E-state index < -0.39 is 15.9 Å². The summed E-state index contributed by atoms with van der Waals surface area (Å²) in [5, 5.41) is 2.83. The molecule has 0 spiro atoms. The zero-order chi connectivity index (χ0) is 23.4. The van der Waals surface area contributed by atoms with Gasteiger partial charge < -0.3 is 15.0 Å². The molecule has 0 unspecified atom stereocenters. The molecule has 172 valence electrons. The molecule has 0 aromatic heterocycles. The number of benzene rings is 3. The number of sulfonamides is 1. The van der Waals surface area contributed by atoms with Crippen molar-refractivity contribution in [1.29, 1.82) is 0 Å². The van der Waals surface area contributed by atoms with Gasteiger partial charge in [-0.1, -0.05) is 29.8 Å².